The van der Waals surface area contributed by atoms with E-state index in [-0.39, 0.29) is 11.8 Å². The quantitative estimate of drug-likeness (QED) is 0.706. The number of pyridine rings is 1. The highest BCUT2D eigenvalue weighted by Gasteiger charge is 2.28. The van der Waals surface area contributed by atoms with Gasteiger partial charge in [0.25, 0.3) is 5.91 Å². The second kappa shape index (κ2) is 8.05. The Bertz CT molecular complexity index is 1010. The van der Waals surface area contributed by atoms with Gasteiger partial charge in [-0.1, -0.05) is 12.1 Å². The van der Waals surface area contributed by atoms with Gasteiger partial charge in [-0.05, 0) is 42.7 Å². The van der Waals surface area contributed by atoms with Gasteiger partial charge in [-0.15, -0.1) is 0 Å². The summed E-state index contributed by atoms with van der Waals surface area (Å²) < 4.78 is 2.15. The molecule has 0 spiro atoms. The molecule has 3 aromatic rings. The number of amides is 1. The van der Waals surface area contributed by atoms with Crippen LogP contribution in [0.1, 0.15) is 46.1 Å². The van der Waals surface area contributed by atoms with Gasteiger partial charge < -0.3 is 9.47 Å². The van der Waals surface area contributed by atoms with E-state index in [1.807, 2.05) is 29.4 Å². The fourth-order valence-electron chi connectivity index (χ4n) is 3.81. The number of aromatic nitrogens is 3. The van der Waals surface area contributed by atoms with Crippen LogP contribution in [0.25, 0.3) is 0 Å². The molecule has 1 aliphatic heterocycles. The maximum atomic E-state index is 13.0. The molecule has 1 aromatic carbocycles. The largest absolute Gasteiger partial charge is 0.338 e. The standard InChI is InChI=1S/C22H21N5O/c23-14-18-4-1-2-6-20(18)22(28)27-12-3-5-19(16-27)21-25-11-13-26(21)15-17-7-9-24-10-8-17/h1-2,4,6-11,13,19H,3,5,12,15-16H2. The summed E-state index contributed by atoms with van der Waals surface area (Å²) >= 11 is 0. The van der Waals surface area contributed by atoms with E-state index in [1.54, 1.807) is 36.7 Å². The molecule has 1 atom stereocenters. The number of nitriles is 1. The van der Waals surface area contributed by atoms with Crippen LogP contribution in [-0.4, -0.2) is 38.4 Å². The summed E-state index contributed by atoms with van der Waals surface area (Å²) in [5.74, 6) is 1.11. The van der Waals surface area contributed by atoms with Crippen LogP contribution in [0.3, 0.4) is 0 Å². The minimum atomic E-state index is -0.0749. The summed E-state index contributed by atoms with van der Waals surface area (Å²) in [5, 5.41) is 9.31. The smallest absolute Gasteiger partial charge is 0.255 e. The highest BCUT2D eigenvalue weighted by molar-refractivity contribution is 5.96. The average molecular weight is 371 g/mol. The van der Waals surface area contributed by atoms with Crippen molar-refractivity contribution in [2.45, 2.75) is 25.3 Å². The van der Waals surface area contributed by atoms with Gasteiger partial charge in [-0.2, -0.15) is 5.26 Å². The van der Waals surface area contributed by atoms with Gasteiger partial charge in [0.15, 0.2) is 0 Å². The minimum Gasteiger partial charge on any atom is -0.338 e. The summed E-state index contributed by atoms with van der Waals surface area (Å²) in [7, 11) is 0. The number of imidazole rings is 1. The molecule has 2 aromatic heterocycles. The first-order valence-corrected chi connectivity index (χ1v) is 9.44. The summed E-state index contributed by atoms with van der Waals surface area (Å²) in [4.78, 5) is 23.5. The number of benzene rings is 1. The van der Waals surface area contributed by atoms with E-state index in [4.69, 9.17) is 0 Å². The number of hydrogen-bond donors (Lipinski definition) is 0. The second-order valence-electron chi connectivity index (χ2n) is 7.02. The molecule has 4 rings (SSSR count). The third kappa shape index (κ3) is 3.65. The van der Waals surface area contributed by atoms with E-state index in [2.05, 4.69) is 20.6 Å². The van der Waals surface area contributed by atoms with Crippen LogP contribution < -0.4 is 0 Å². The molecular weight excluding hydrogens is 350 g/mol. The summed E-state index contributed by atoms with van der Waals surface area (Å²) in [6, 6.07) is 13.1. The predicted molar refractivity (Wildman–Crippen MR) is 105 cm³/mol. The molecule has 6 heteroatoms. The number of piperidine rings is 1. The zero-order valence-electron chi connectivity index (χ0n) is 15.5. The molecule has 0 N–H and O–H groups in total. The Hall–Kier alpha value is -3.46. The molecule has 6 nitrogen and oxygen atoms in total. The van der Waals surface area contributed by atoms with Crippen molar-refractivity contribution in [2.75, 3.05) is 13.1 Å². The van der Waals surface area contributed by atoms with Crippen LogP contribution in [0.5, 0.6) is 0 Å². The van der Waals surface area contributed by atoms with Crippen molar-refractivity contribution in [3.63, 3.8) is 0 Å². The lowest BCUT2D eigenvalue weighted by Gasteiger charge is -2.33. The monoisotopic (exact) mass is 371 g/mol. The third-order valence-electron chi connectivity index (χ3n) is 5.20. The van der Waals surface area contributed by atoms with Gasteiger partial charge in [0, 0.05) is 50.3 Å². The Morgan fingerprint density at radius 2 is 2.00 bits per heavy atom. The van der Waals surface area contributed by atoms with Gasteiger partial charge in [0.2, 0.25) is 0 Å². The number of carbonyl (C=O) groups excluding carboxylic acids is 1. The Balaban J connectivity index is 1.53. The molecule has 1 fully saturated rings. The van der Waals surface area contributed by atoms with E-state index >= 15 is 0 Å². The van der Waals surface area contributed by atoms with Crippen molar-refractivity contribution < 1.29 is 4.79 Å². The van der Waals surface area contributed by atoms with Crippen molar-refractivity contribution in [3.8, 4) is 6.07 Å². The molecule has 0 saturated carbocycles. The van der Waals surface area contributed by atoms with Crippen molar-refractivity contribution >= 4 is 5.91 Å². The topological polar surface area (TPSA) is 74.8 Å². The Labute approximate surface area is 164 Å². The molecule has 140 valence electrons. The first-order chi connectivity index (χ1) is 13.8. The maximum Gasteiger partial charge on any atom is 0.255 e. The lowest BCUT2D eigenvalue weighted by molar-refractivity contribution is 0.0703. The number of rotatable bonds is 4. The van der Waals surface area contributed by atoms with Crippen molar-refractivity contribution in [2.24, 2.45) is 0 Å². The SMILES string of the molecule is N#Cc1ccccc1C(=O)N1CCCC(c2nccn2Cc2ccncc2)C1. The highest BCUT2D eigenvalue weighted by Crippen LogP contribution is 2.27. The van der Waals surface area contributed by atoms with Crippen LogP contribution in [0.15, 0.2) is 61.2 Å². The van der Waals surface area contributed by atoms with Crippen LogP contribution in [0.2, 0.25) is 0 Å². The normalized spacial score (nSPS) is 16.5. The maximum absolute atomic E-state index is 13.0. The minimum absolute atomic E-state index is 0.0749. The Morgan fingerprint density at radius 3 is 2.82 bits per heavy atom. The molecule has 0 bridgehead atoms. The fraction of sp³-hybridized carbons (Fsp3) is 0.273. The van der Waals surface area contributed by atoms with E-state index < -0.39 is 0 Å². The number of carbonyl (C=O) groups is 1. The first-order valence-electron chi connectivity index (χ1n) is 9.44. The van der Waals surface area contributed by atoms with E-state index in [9.17, 15) is 10.1 Å². The molecule has 3 heterocycles. The van der Waals surface area contributed by atoms with Crippen LogP contribution in [0.4, 0.5) is 0 Å². The lowest BCUT2D eigenvalue weighted by Crippen LogP contribution is -2.40. The second-order valence-corrected chi connectivity index (χ2v) is 7.02. The van der Waals surface area contributed by atoms with Gasteiger partial charge >= 0.3 is 0 Å². The van der Waals surface area contributed by atoms with Crippen molar-refractivity contribution in [3.05, 3.63) is 83.7 Å². The highest BCUT2D eigenvalue weighted by atomic mass is 16.2. The average Bonchev–Trinajstić information content (AvgIpc) is 3.22. The molecular formula is C22H21N5O. The first kappa shape index (κ1) is 17.9. The molecule has 1 saturated heterocycles. The molecule has 1 amide bonds. The van der Waals surface area contributed by atoms with Crippen molar-refractivity contribution in [1.82, 2.24) is 19.4 Å². The van der Waals surface area contributed by atoms with E-state index in [0.717, 1.165) is 25.2 Å². The van der Waals surface area contributed by atoms with Gasteiger partial charge in [-0.3, -0.25) is 9.78 Å². The van der Waals surface area contributed by atoms with E-state index in [1.165, 1.54) is 5.56 Å². The number of nitrogens with zero attached hydrogens (tertiary/aromatic N) is 5. The van der Waals surface area contributed by atoms with Crippen LogP contribution in [-0.2, 0) is 6.54 Å². The number of hydrogen-bond acceptors (Lipinski definition) is 4. The van der Waals surface area contributed by atoms with Gasteiger partial charge in [0.1, 0.15) is 5.82 Å². The molecule has 0 radical (unpaired) electrons. The molecule has 1 aliphatic rings. The Kier molecular flexibility index (Phi) is 5.16. The third-order valence-corrected chi connectivity index (χ3v) is 5.20. The zero-order chi connectivity index (χ0) is 19.3. The van der Waals surface area contributed by atoms with Crippen LogP contribution in [0, 0.1) is 11.3 Å². The van der Waals surface area contributed by atoms with Gasteiger partial charge in [0.05, 0.1) is 17.2 Å². The lowest BCUT2D eigenvalue weighted by atomic mass is 9.95. The van der Waals surface area contributed by atoms with E-state index in [0.29, 0.717) is 24.2 Å². The predicted octanol–water partition coefficient (Wildman–Crippen LogP) is 3.22. The summed E-state index contributed by atoms with van der Waals surface area (Å²) in [6.07, 6.45) is 9.31. The Morgan fingerprint density at radius 1 is 1.18 bits per heavy atom. The fourth-order valence-corrected chi connectivity index (χ4v) is 3.81. The summed E-state index contributed by atoms with van der Waals surface area (Å²) in [6.45, 7) is 2.06. The zero-order valence-corrected chi connectivity index (χ0v) is 15.5. The summed E-state index contributed by atoms with van der Waals surface area (Å²) in [5.41, 5.74) is 2.07. The van der Waals surface area contributed by atoms with Crippen molar-refractivity contribution in [1.29, 1.82) is 5.26 Å². The molecule has 0 aliphatic carbocycles. The number of likely N-dealkylation sites (tertiary alicyclic amines) is 1. The van der Waals surface area contributed by atoms with Gasteiger partial charge in [-0.25, -0.2) is 4.98 Å². The van der Waals surface area contributed by atoms with Crippen LogP contribution >= 0.6 is 0 Å². The molecule has 28 heavy (non-hydrogen) atoms. The molecule has 1 unspecified atom stereocenters.